The Balaban J connectivity index is 2.05. The van der Waals surface area contributed by atoms with Crippen molar-refractivity contribution >= 4 is 11.5 Å². The van der Waals surface area contributed by atoms with E-state index in [0.717, 1.165) is 36.6 Å². The summed E-state index contributed by atoms with van der Waals surface area (Å²) in [5, 5.41) is 3.34. The molecule has 0 saturated heterocycles. The lowest BCUT2D eigenvalue weighted by Crippen LogP contribution is -2.15. The molecule has 1 aromatic carbocycles. The lowest BCUT2D eigenvalue weighted by atomic mass is 10.2. The number of nitrogens with one attached hydrogen (secondary N) is 1. The fourth-order valence-electron chi connectivity index (χ4n) is 1.95. The van der Waals surface area contributed by atoms with Crippen molar-refractivity contribution in [3.8, 4) is 0 Å². The summed E-state index contributed by atoms with van der Waals surface area (Å²) < 4.78 is 13.2. The van der Waals surface area contributed by atoms with Crippen molar-refractivity contribution in [3.05, 3.63) is 54.0 Å². The molecule has 0 aliphatic carbocycles. The molecule has 0 fully saturated rings. The van der Waals surface area contributed by atoms with Crippen molar-refractivity contribution in [2.45, 2.75) is 19.9 Å². The number of aromatic nitrogens is 1. The fraction of sp³-hybridized carbons (Fsp3) is 0.312. The van der Waals surface area contributed by atoms with Gasteiger partial charge in [0, 0.05) is 25.5 Å². The van der Waals surface area contributed by atoms with Crippen molar-refractivity contribution in [1.29, 1.82) is 0 Å². The van der Waals surface area contributed by atoms with Gasteiger partial charge in [0.05, 0.1) is 0 Å². The van der Waals surface area contributed by atoms with Crippen molar-refractivity contribution in [2.75, 3.05) is 18.5 Å². The standard InChI is InChI=1S/C16H20FN3/c1-3-9-18-11-13-7-8-16(19-12-13)20(2)15-6-4-5-14(17)10-15/h4-8,10,12,18H,3,9,11H2,1-2H3. The largest absolute Gasteiger partial charge is 0.329 e. The van der Waals surface area contributed by atoms with Gasteiger partial charge in [-0.15, -0.1) is 0 Å². The number of rotatable bonds is 6. The molecule has 2 aromatic rings. The van der Waals surface area contributed by atoms with Gasteiger partial charge in [-0.1, -0.05) is 19.1 Å². The number of halogens is 1. The van der Waals surface area contributed by atoms with Crippen molar-refractivity contribution in [1.82, 2.24) is 10.3 Å². The summed E-state index contributed by atoms with van der Waals surface area (Å²) in [6, 6.07) is 10.5. The number of hydrogen-bond donors (Lipinski definition) is 1. The maximum atomic E-state index is 13.2. The van der Waals surface area contributed by atoms with Crippen molar-refractivity contribution in [3.63, 3.8) is 0 Å². The molecule has 0 atom stereocenters. The van der Waals surface area contributed by atoms with Gasteiger partial charge in [-0.25, -0.2) is 9.37 Å². The Morgan fingerprint density at radius 1 is 1.25 bits per heavy atom. The minimum Gasteiger partial charge on any atom is -0.329 e. The van der Waals surface area contributed by atoms with Gasteiger partial charge >= 0.3 is 0 Å². The highest BCUT2D eigenvalue weighted by molar-refractivity contribution is 5.58. The first-order valence-corrected chi connectivity index (χ1v) is 6.85. The predicted molar refractivity (Wildman–Crippen MR) is 80.7 cm³/mol. The second kappa shape index (κ2) is 7.01. The molecular formula is C16H20FN3. The molecule has 1 N–H and O–H groups in total. The molecule has 0 unspecified atom stereocenters. The molecule has 1 aromatic heterocycles. The van der Waals surface area contributed by atoms with E-state index in [1.807, 2.05) is 36.3 Å². The van der Waals surface area contributed by atoms with Crippen LogP contribution in [0.2, 0.25) is 0 Å². The average molecular weight is 273 g/mol. The Morgan fingerprint density at radius 2 is 2.10 bits per heavy atom. The zero-order valence-corrected chi connectivity index (χ0v) is 11.9. The average Bonchev–Trinajstić information content (AvgIpc) is 2.47. The Kier molecular flexibility index (Phi) is 5.07. The Labute approximate surface area is 119 Å². The molecule has 106 valence electrons. The third kappa shape index (κ3) is 3.78. The number of nitrogens with zero attached hydrogens (tertiary/aromatic N) is 2. The first kappa shape index (κ1) is 14.5. The minimum absolute atomic E-state index is 0.241. The van der Waals surface area contributed by atoms with E-state index in [1.54, 1.807) is 6.07 Å². The summed E-state index contributed by atoms with van der Waals surface area (Å²) >= 11 is 0. The van der Waals surface area contributed by atoms with Crippen LogP contribution in [0.3, 0.4) is 0 Å². The zero-order chi connectivity index (χ0) is 14.4. The Bertz CT molecular complexity index is 540. The van der Waals surface area contributed by atoms with Gasteiger partial charge in [0.15, 0.2) is 0 Å². The Hall–Kier alpha value is -1.94. The maximum Gasteiger partial charge on any atom is 0.132 e. The molecule has 1 heterocycles. The minimum atomic E-state index is -0.241. The van der Waals surface area contributed by atoms with Crippen LogP contribution in [0, 0.1) is 5.82 Å². The van der Waals surface area contributed by atoms with Crippen LogP contribution in [0.1, 0.15) is 18.9 Å². The smallest absolute Gasteiger partial charge is 0.132 e. The summed E-state index contributed by atoms with van der Waals surface area (Å²) in [7, 11) is 1.88. The molecule has 4 heteroatoms. The quantitative estimate of drug-likeness (QED) is 0.817. The summed E-state index contributed by atoms with van der Waals surface area (Å²) in [5.74, 6) is 0.560. The molecule has 0 saturated carbocycles. The van der Waals surface area contributed by atoms with Crippen LogP contribution in [0.5, 0.6) is 0 Å². The van der Waals surface area contributed by atoms with Crippen LogP contribution >= 0.6 is 0 Å². The van der Waals surface area contributed by atoms with E-state index >= 15 is 0 Å². The van der Waals surface area contributed by atoms with E-state index in [1.165, 1.54) is 12.1 Å². The van der Waals surface area contributed by atoms with Gasteiger partial charge in [-0.3, -0.25) is 0 Å². The lowest BCUT2D eigenvalue weighted by Gasteiger charge is -2.18. The molecule has 3 nitrogen and oxygen atoms in total. The first-order valence-electron chi connectivity index (χ1n) is 6.85. The van der Waals surface area contributed by atoms with Crippen LogP contribution in [-0.4, -0.2) is 18.6 Å². The monoisotopic (exact) mass is 273 g/mol. The SMILES string of the molecule is CCCNCc1ccc(N(C)c2cccc(F)c2)nc1. The van der Waals surface area contributed by atoms with E-state index in [0.29, 0.717) is 0 Å². The van der Waals surface area contributed by atoms with Crippen LogP contribution < -0.4 is 10.2 Å². The van der Waals surface area contributed by atoms with Crippen LogP contribution in [0.25, 0.3) is 0 Å². The molecule has 0 amide bonds. The normalized spacial score (nSPS) is 10.6. The second-order valence-corrected chi connectivity index (χ2v) is 4.74. The molecule has 20 heavy (non-hydrogen) atoms. The van der Waals surface area contributed by atoms with Crippen LogP contribution in [0.4, 0.5) is 15.9 Å². The molecule has 0 spiro atoms. The summed E-state index contributed by atoms with van der Waals surface area (Å²) in [6.07, 6.45) is 2.97. The highest BCUT2D eigenvalue weighted by atomic mass is 19.1. The van der Waals surface area contributed by atoms with Gasteiger partial charge in [-0.05, 0) is 42.8 Å². The summed E-state index contributed by atoms with van der Waals surface area (Å²) in [4.78, 5) is 6.29. The van der Waals surface area contributed by atoms with Gasteiger partial charge in [-0.2, -0.15) is 0 Å². The third-order valence-corrected chi connectivity index (χ3v) is 3.10. The molecular weight excluding hydrogens is 253 g/mol. The molecule has 2 rings (SSSR count). The van der Waals surface area contributed by atoms with Gasteiger partial charge in [0.2, 0.25) is 0 Å². The number of hydrogen-bond acceptors (Lipinski definition) is 3. The lowest BCUT2D eigenvalue weighted by molar-refractivity contribution is 0.628. The number of anilines is 2. The van der Waals surface area contributed by atoms with Crippen LogP contribution in [0.15, 0.2) is 42.6 Å². The van der Waals surface area contributed by atoms with Crippen molar-refractivity contribution < 1.29 is 4.39 Å². The van der Waals surface area contributed by atoms with E-state index < -0.39 is 0 Å². The van der Waals surface area contributed by atoms with Crippen molar-refractivity contribution in [2.24, 2.45) is 0 Å². The molecule has 0 aliphatic heterocycles. The fourth-order valence-corrected chi connectivity index (χ4v) is 1.95. The van der Waals surface area contributed by atoms with Gasteiger partial charge in [0.1, 0.15) is 11.6 Å². The molecule has 0 bridgehead atoms. The van der Waals surface area contributed by atoms with Gasteiger partial charge < -0.3 is 10.2 Å². The zero-order valence-electron chi connectivity index (χ0n) is 11.9. The summed E-state index contributed by atoms with van der Waals surface area (Å²) in [6.45, 7) is 3.97. The number of pyridine rings is 1. The predicted octanol–water partition coefficient (Wildman–Crippen LogP) is 3.49. The highest BCUT2D eigenvalue weighted by Gasteiger charge is 2.06. The molecule has 0 aliphatic rings. The van der Waals surface area contributed by atoms with E-state index in [4.69, 9.17) is 0 Å². The van der Waals surface area contributed by atoms with E-state index in [9.17, 15) is 4.39 Å². The third-order valence-electron chi connectivity index (χ3n) is 3.10. The van der Waals surface area contributed by atoms with E-state index in [-0.39, 0.29) is 5.82 Å². The maximum absolute atomic E-state index is 13.2. The van der Waals surface area contributed by atoms with E-state index in [2.05, 4.69) is 17.2 Å². The van der Waals surface area contributed by atoms with Gasteiger partial charge in [0.25, 0.3) is 0 Å². The summed E-state index contributed by atoms with van der Waals surface area (Å²) in [5.41, 5.74) is 1.93. The topological polar surface area (TPSA) is 28.2 Å². The highest BCUT2D eigenvalue weighted by Crippen LogP contribution is 2.22. The second-order valence-electron chi connectivity index (χ2n) is 4.74. The molecule has 0 radical (unpaired) electrons. The Morgan fingerprint density at radius 3 is 2.75 bits per heavy atom. The van der Waals surface area contributed by atoms with Crippen LogP contribution in [-0.2, 0) is 6.54 Å². The first-order chi connectivity index (χ1) is 9.70. The number of benzene rings is 1.